The minimum absolute atomic E-state index is 0.0435. The molecule has 0 atom stereocenters. The first-order valence-corrected chi connectivity index (χ1v) is 6.87. The molecule has 5 nitrogen and oxygen atoms in total. The van der Waals surface area contributed by atoms with E-state index in [1.54, 1.807) is 10.6 Å². The monoisotopic (exact) mass is 262 g/mol. The van der Waals surface area contributed by atoms with Gasteiger partial charge < -0.3 is 0 Å². The minimum Gasteiger partial charge on any atom is -0.267 e. The van der Waals surface area contributed by atoms with Crippen LogP contribution in [-0.2, 0) is 6.54 Å². The first kappa shape index (κ1) is 13.8. The zero-order valence-corrected chi connectivity index (χ0v) is 12.3. The molecule has 2 aromatic rings. The van der Waals surface area contributed by atoms with Crippen LogP contribution < -0.4 is 5.56 Å². The highest BCUT2D eigenvalue weighted by Gasteiger charge is 2.13. The van der Waals surface area contributed by atoms with Gasteiger partial charge in [-0.3, -0.25) is 9.48 Å². The molecule has 0 aliphatic rings. The summed E-state index contributed by atoms with van der Waals surface area (Å²) in [6.45, 7) is 11.1. The lowest BCUT2D eigenvalue weighted by atomic mass is 10.1. The van der Waals surface area contributed by atoms with Crippen LogP contribution in [-0.4, -0.2) is 19.2 Å². The van der Waals surface area contributed by atoms with Crippen molar-refractivity contribution in [2.75, 3.05) is 0 Å². The zero-order valence-electron chi connectivity index (χ0n) is 12.3. The Bertz CT molecular complexity index is 637. The van der Waals surface area contributed by atoms with E-state index in [1.165, 1.54) is 0 Å². The average Bonchev–Trinajstić information content (AvgIpc) is 2.62. The van der Waals surface area contributed by atoms with Crippen LogP contribution in [0.15, 0.2) is 10.9 Å². The molecule has 0 radical (unpaired) electrons. The summed E-state index contributed by atoms with van der Waals surface area (Å²) >= 11 is 0. The van der Waals surface area contributed by atoms with E-state index in [2.05, 4.69) is 23.8 Å². The number of aryl methyl sites for hydroxylation is 2. The van der Waals surface area contributed by atoms with E-state index in [1.807, 2.05) is 25.5 Å². The zero-order chi connectivity index (χ0) is 14.2. The van der Waals surface area contributed by atoms with Crippen LogP contribution in [0.1, 0.15) is 51.6 Å². The summed E-state index contributed by atoms with van der Waals surface area (Å²) in [6, 6.07) is 1.62. The topological polar surface area (TPSA) is 52.2 Å². The molecule has 2 aromatic heterocycles. The van der Waals surface area contributed by atoms with Gasteiger partial charge in [0.1, 0.15) is 5.82 Å². The molecule has 2 heterocycles. The van der Waals surface area contributed by atoms with Crippen molar-refractivity contribution in [2.45, 2.75) is 53.5 Å². The van der Waals surface area contributed by atoms with Gasteiger partial charge in [0.05, 0.1) is 5.69 Å². The Morgan fingerprint density at radius 2 is 1.89 bits per heavy atom. The highest BCUT2D eigenvalue weighted by atomic mass is 16.1. The van der Waals surface area contributed by atoms with Gasteiger partial charge in [-0.25, -0.2) is 4.98 Å². The molecule has 0 saturated carbocycles. The SMILES string of the molecule is Cc1nc2nc(C(C)C)cc(=O)n2n1CCC(C)C. The summed E-state index contributed by atoms with van der Waals surface area (Å²) < 4.78 is 3.51. The molecule has 2 rings (SSSR count). The van der Waals surface area contributed by atoms with Crippen molar-refractivity contribution in [3.8, 4) is 0 Å². The fourth-order valence-electron chi connectivity index (χ4n) is 2.07. The number of hydrogen-bond donors (Lipinski definition) is 0. The van der Waals surface area contributed by atoms with Crippen molar-refractivity contribution in [3.05, 3.63) is 27.9 Å². The van der Waals surface area contributed by atoms with Crippen molar-refractivity contribution in [1.29, 1.82) is 0 Å². The molecule has 0 spiro atoms. The lowest BCUT2D eigenvalue weighted by molar-refractivity contribution is 0.459. The second-order valence-corrected chi connectivity index (χ2v) is 5.75. The van der Waals surface area contributed by atoms with E-state index in [0.717, 1.165) is 24.5 Å². The predicted molar refractivity (Wildman–Crippen MR) is 75.5 cm³/mol. The maximum Gasteiger partial charge on any atom is 0.274 e. The Hall–Kier alpha value is -1.65. The third-order valence-corrected chi connectivity index (χ3v) is 3.29. The fourth-order valence-corrected chi connectivity index (χ4v) is 2.07. The molecule has 104 valence electrons. The van der Waals surface area contributed by atoms with Gasteiger partial charge in [-0.15, -0.1) is 0 Å². The molecule has 0 aliphatic heterocycles. The Morgan fingerprint density at radius 1 is 1.21 bits per heavy atom. The third kappa shape index (κ3) is 2.69. The second-order valence-electron chi connectivity index (χ2n) is 5.75. The van der Waals surface area contributed by atoms with Crippen LogP contribution in [0.5, 0.6) is 0 Å². The van der Waals surface area contributed by atoms with Gasteiger partial charge in [0.25, 0.3) is 11.3 Å². The van der Waals surface area contributed by atoms with Crippen LogP contribution in [0.3, 0.4) is 0 Å². The molecule has 0 saturated heterocycles. The highest BCUT2D eigenvalue weighted by Crippen LogP contribution is 2.11. The van der Waals surface area contributed by atoms with E-state index in [-0.39, 0.29) is 11.5 Å². The molecule has 0 fully saturated rings. The van der Waals surface area contributed by atoms with Crippen LogP contribution in [0, 0.1) is 12.8 Å². The van der Waals surface area contributed by atoms with Gasteiger partial charge in [-0.1, -0.05) is 27.7 Å². The van der Waals surface area contributed by atoms with Crippen LogP contribution in [0.4, 0.5) is 0 Å². The quantitative estimate of drug-likeness (QED) is 0.850. The molecule has 0 aliphatic carbocycles. The van der Waals surface area contributed by atoms with Crippen molar-refractivity contribution >= 4 is 5.78 Å². The van der Waals surface area contributed by atoms with E-state index in [0.29, 0.717) is 11.7 Å². The summed E-state index contributed by atoms with van der Waals surface area (Å²) in [5.74, 6) is 2.18. The maximum atomic E-state index is 12.2. The van der Waals surface area contributed by atoms with Gasteiger partial charge in [-0.2, -0.15) is 9.50 Å². The molecular weight excluding hydrogens is 240 g/mol. The number of nitrogens with zero attached hydrogens (tertiary/aromatic N) is 4. The van der Waals surface area contributed by atoms with Gasteiger partial charge in [-0.05, 0) is 25.2 Å². The van der Waals surface area contributed by atoms with E-state index in [4.69, 9.17) is 0 Å². The summed E-state index contributed by atoms with van der Waals surface area (Å²) in [5.41, 5.74) is 0.761. The largest absolute Gasteiger partial charge is 0.274 e. The predicted octanol–water partition coefficient (Wildman–Crippen LogP) is 2.37. The normalized spacial score (nSPS) is 11.9. The average molecular weight is 262 g/mol. The van der Waals surface area contributed by atoms with E-state index >= 15 is 0 Å². The lowest BCUT2D eigenvalue weighted by Gasteiger charge is -2.09. The highest BCUT2D eigenvalue weighted by molar-refractivity contribution is 5.29. The first-order valence-electron chi connectivity index (χ1n) is 6.87. The molecule has 19 heavy (non-hydrogen) atoms. The van der Waals surface area contributed by atoms with Gasteiger partial charge >= 0.3 is 0 Å². The smallest absolute Gasteiger partial charge is 0.267 e. The number of fused-ring (bicyclic) bond motifs is 1. The Kier molecular flexibility index (Phi) is 3.73. The number of aromatic nitrogens is 4. The van der Waals surface area contributed by atoms with Crippen LogP contribution in [0.25, 0.3) is 5.78 Å². The van der Waals surface area contributed by atoms with E-state index in [9.17, 15) is 4.79 Å². The molecule has 0 amide bonds. The van der Waals surface area contributed by atoms with Gasteiger partial charge in [0.2, 0.25) is 0 Å². The van der Waals surface area contributed by atoms with E-state index < -0.39 is 0 Å². The molecule has 0 aromatic carbocycles. The Labute approximate surface area is 113 Å². The summed E-state index contributed by atoms with van der Waals surface area (Å²) in [4.78, 5) is 21.1. The molecule has 5 heteroatoms. The minimum atomic E-state index is -0.0435. The van der Waals surface area contributed by atoms with Gasteiger partial charge in [0, 0.05) is 12.6 Å². The summed E-state index contributed by atoms with van der Waals surface area (Å²) in [5, 5.41) is 0. The van der Waals surface area contributed by atoms with Crippen LogP contribution >= 0.6 is 0 Å². The molecular formula is C14H22N4O. The molecule has 0 bridgehead atoms. The lowest BCUT2D eigenvalue weighted by Crippen LogP contribution is -2.23. The summed E-state index contributed by atoms with van der Waals surface area (Å²) in [7, 11) is 0. The van der Waals surface area contributed by atoms with Gasteiger partial charge in [0.15, 0.2) is 0 Å². The second kappa shape index (κ2) is 5.15. The van der Waals surface area contributed by atoms with Crippen molar-refractivity contribution in [3.63, 3.8) is 0 Å². The first-order chi connectivity index (χ1) is 8.90. The molecule has 0 N–H and O–H groups in total. The standard InChI is InChI=1S/C14H22N4O/c1-9(2)6-7-17-11(5)15-14-16-12(10(3)4)8-13(19)18(14)17/h8-10H,6-7H2,1-5H3. The maximum absolute atomic E-state index is 12.2. The fraction of sp³-hybridized carbons (Fsp3) is 0.643. The summed E-state index contributed by atoms with van der Waals surface area (Å²) in [6.07, 6.45) is 1.02. The molecule has 0 unspecified atom stereocenters. The number of hydrogen-bond acceptors (Lipinski definition) is 3. The van der Waals surface area contributed by atoms with Crippen LogP contribution in [0.2, 0.25) is 0 Å². The van der Waals surface area contributed by atoms with Crippen molar-refractivity contribution in [2.24, 2.45) is 5.92 Å². The Balaban J connectivity index is 2.54. The third-order valence-electron chi connectivity index (χ3n) is 3.29. The van der Waals surface area contributed by atoms with Crippen molar-refractivity contribution < 1.29 is 0 Å². The number of rotatable bonds is 4. The Morgan fingerprint density at radius 3 is 2.47 bits per heavy atom. The van der Waals surface area contributed by atoms with Crippen molar-refractivity contribution in [1.82, 2.24) is 19.2 Å².